The summed E-state index contributed by atoms with van der Waals surface area (Å²) in [4.78, 5) is 12.0. The van der Waals surface area contributed by atoms with Crippen LogP contribution in [-0.4, -0.2) is 48.0 Å². The maximum absolute atomic E-state index is 12.6. The predicted octanol–water partition coefficient (Wildman–Crippen LogP) is 0.541. The molecule has 1 aromatic heterocycles. The van der Waals surface area contributed by atoms with Crippen molar-refractivity contribution in [2.75, 3.05) is 19.6 Å². The standard InChI is InChI=1S/C10H14BrFN4O3S/c1-2-16-9(8(11)4-14-16)10(17)13-3-7-5-15(6-7)20(12,18)19/h4,7H,2-3,5-6H2,1H3,(H,13,17). The molecule has 1 aliphatic heterocycles. The van der Waals surface area contributed by atoms with Gasteiger partial charge in [-0.2, -0.15) is 17.8 Å². The molecule has 1 saturated heterocycles. The van der Waals surface area contributed by atoms with Gasteiger partial charge in [-0.3, -0.25) is 9.48 Å². The number of carbonyl (C=O) groups excluding carboxylic acids is 1. The number of rotatable bonds is 5. The average Bonchev–Trinajstić information content (AvgIpc) is 2.66. The molecule has 7 nitrogen and oxygen atoms in total. The fourth-order valence-corrected chi connectivity index (χ4v) is 3.23. The molecule has 0 bridgehead atoms. The zero-order chi connectivity index (χ0) is 14.9. The number of hydrogen-bond acceptors (Lipinski definition) is 4. The Bertz CT molecular complexity index is 612. The van der Waals surface area contributed by atoms with Crippen LogP contribution >= 0.6 is 15.9 Å². The minimum absolute atomic E-state index is 0.0683. The number of aromatic nitrogens is 2. The molecule has 20 heavy (non-hydrogen) atoms. The van der Waals surface area contributed by atoms with Gasteiger partial charge in [0.15, 0.2) is 0 Å². The molecular weight excluding hydrogens is 355 g/mol. The quantitative estimate of drug-likeness (QED) is 0.768. The van der Waals surface area contributed by atoms with Crippen LogP contribution in [0.5, 0.6) is 0 Å². The Morgan fingerprint density at radius 3 is 2.80 bits per heavy atom. The SMILES string of the molecule is CCn1ncc(Br)c1C(=O)NCC1CN(S(=O)(=O)F)C1. The third kappa shape index (κ3) is 3.18. The molecule has 0 unspecified atom stereocenters. The monoisotopic (exact) mass is 368 g/mol. The fraction of sp³-hybridized carbons (Fsp3) is 0.600. The molecule has 0 aromatic carbocycles. The molecule has 1 aliphatic rings. The van der Waals surface area contributed by atoms with E-state index in [4.69, 9.17) is 0 Å². The van der Waals surface area contributed by atoms with Gasteiger partial charge < -0.3 is 5.32 Å². The first kappa shape index (κ1) is 15.4. The van der Waals surface area contributed by atoms with E-state index < -0.39 is 10.4 Å². The van der Waals surface area contributed by atoms with Crippen molar-refractivity contribution in [1.82, 2.24) is 19.4 Å². The third-order valence-corrected chi connectivity index (χ3v) is 4.59. The highest BCUT2D eigenvalue weighted by atomic mass is 79.9. The normalized spacial score (nSPS) is 16.9. The summed E-state index contributed by atoms with van der Waals surface area (Å²) in [6.45, 7) is 2.91. The summed E-state index contributed by atoms with van der Waals surface area (Å²) in [5.41, 5.74) is 0.418. The molecule has 1 fully saturated rings. The Morgan fingerprint density at radius 2 is 2.25 bits per heavy atom. The van der Waals surface area contributed by atoms with E-state index in [0.717, 1.165) is 4.31 Å². The lowest BCUT2D eigenvalue weighted by Gasteiger charge is -2.35. The highest BCUT2D eigenvalue weighted by Crippen LogP contribution is 2.20. The van der Waals surface area contributed by atoms with E-state index in [0.29, 0.717) is 23.3 Å². The van der Waals surface area contributed by atoms with Crippen molar-refractivity contribution in [2.24, 2.45) is 5.92 Å². The zero-order valence-electron chi connectivity index (χ0n) is 10.7. The van der Waals surface area contributed by atoms with Gasteiger partial charge in [-0.1, -0.05) is 3.89 Å². The van der Waals surface area contributed by atoms with Crippen LogP contribution in [0.4, 0.5) is 3.89 Å². The largest absolute Gasteiger partial charge is 0.374 e. The Hall–Kier alpha value is -1.00. The van der Waals surface area contributed by atoms with Gasteiger partial charge in [0.1, 0.15) is 5.69 Å². The number of aryl methyl sites for hydroxylation is 1. The van der Waals surface area contributed by atoms with Crippen molar-refractivity contribution in [3.05, 3.63) is 16.4 Å². The van der Waals surface area contributed by atoms with Gasteiger partial charge in [-0.25, -0.2) is 0 Å². The summed E-state index contributed by atoms with van der Waals surface area (Å²) in [5, 5.41) is 6.73. The minimum Gasteiger partial charge on any atom is -0.350 e. The van der Waals surface area contributed by atoms with Crippen LogP contribution in [0.1, 0.15) is 17.4 Å². The van der Waals surface area contributed by atoms with Gasteiger partial charge in [-0.15, -0.1) is 0 Å². The first-order valence-electron chi connectivity index (χ1n) is 6.02. The van der Waals surface area contributed by atoms with Crippen LogP contribution in [0, 0.1) is 5.92 Å². The number of hydrogen-bond donors (Lipinski definition) is 1. The first-order chi connectivity index (χ1) is 9.32. The summed E-state index contributed by atoms with van der Waals surface area (Å²) in [6.07, 6.45) is 1.54. The number of nitrogens with one attached hydrogen (secondary N) is 1. The molecule has 0 atom stereocenters. The number of amides is 1. The molecule has 1 aromatic rings. The molecule has 112 valence electrons. The van der Waals surface area contributed by atoms with Gasteiger partial charge in [0.05, 0.1) is 10.7 Å². The van der Waals surface area contributed by atoms with E-state index in [-0.39, 0.29) is 24.9 Å². The maximum Gasteiger partial charge on any atom is 0.374 e. The van der Waals surface area contributed by atoms with Crippen LogP contribution in [0.15, 0.2) is 10.7 Å². The Kier molecular flexibility index (Phi) is 4.45. The lowest BCUT2D eigenvalue weighted by atomic mass is 10.0. The van der Waals surface area contributed by atoms with Crippen LogP contribution in [0.3, 0.4) is 0 Å². The summed E-state index contributed by atoms with van der Waals surface area (Å²) >= 11 is 3.25. The summed E-state index contributed by atoms with van der Waals surface area (Å²) in [6, 6.07) is 0. The minimum atomic E-state index is -4.60. The molecule has 10 heteroatoms. The van der Waals surface area contributed by atoms with Crippen molar-refractivity contribution < 1.29 is 17.1 Å². The van der Waals surface area contributed by atoms with Gasteiger partial charge in [-0.05, 0) is 22.9 Å². The molecule has 2 heterocycles. The molecule has 0 radical (unpaired) electrons. The van der Waals surface area contributed by atoms with Crippen molar-refractivity contribution in [1.29, 1.82) is 0 Å². The van der Waals surface area contributed by atoms with Crippen molar-refractivity contribution in [3.63, 3.8) is 0 Å². The smallest absolute Gasteiger partial charge is 0.350 e. The van der Waals surface area contributed by atoms with Gasteiger partial charge in [0, 0.05) is 32.1 Å². The molecule has 1 amide bonds. The second kappa shape index (κ2) is 5.78. The molecule has 1 N–H and O–H groups in total. The van der Waals surface area contributed by atoms with E-state index in [2.05, 4.69) is 26.3 Å². The Morgan fingerprint density at radius 1 is 1.60 bits per heavy atom. The van der Waals surface area contributed by atoms with Gasteiger partial charge in [0.25, 0.3) is 5.91 Å². The Balaban J connectivity index is 1.87. The maximum atomic E-state index is 12.6. The third-order valence-electron chi connectivity index (χ3n) is 3.09. The molecular formula is C10H14BrFN4O3S. The highest BCUT2D eigenvalue weighted by Gasteiger charge is 2.35. The van der Waals surface area contributed by atoms with E-state index in [9.17, 15) is 17.1 Å². The van der Waals surface area contributed by atoms with Gasteiger partial charge in [0.2, 0.25) is 0 Å². The second-order valence-electron chi connectivity index (χ2n) is 4.49. The fourth-order valence-electron chi connectivity index (χ4n) is 1.98. The number of carbonyl (C=O) groups is 1. The van der Waals surface area contributed by atoms with Crippen molar-refractivity contribution in [3.8, 4) is 0 Å². The average molecular weight is 369 g/mol. The predicted molar refractivity (Wildman–Crippen MR) is 73.0 cm³/mol. The van der Waals surface area contributed by atoms with Crippen LogP contribution < -0.4 is 5.32 Å². The zero-order valence-corrected chi connectivity index (χ0v) is 13.1. The summed E-state index contributed by atoms with van der Waals surface area (Å²) < 4.78 is 36.6. The molecule has 0 aliphatic carbocycles. The second-order valence-corrected chi connectivity index (χ2v) is 6.69. The van der Waals surface area contributed by atoms with Crippen LogP contribution in [0.25, 0.3) is 0 Å². The van der Waals surface area contributed by atoms with E-state index in [1.807, 2.05) is 6.92 Å². The van der Waals surface area contributed by atoms with Crippen molar-refractivity contribution >= 4 is 32.2 Å². The number of nitrogens with zero attached hydrogens (tertiary/aromatic N) is 3. The molecule has 0 saturated carbocycles. The highest BCUT2D eigenvalue weighted by molar-refractivity contribution is 9.10. The summed E-state index contributed by atoms with van der Waals surface area (Å²) in [7, 11) is -4.60. The van der Waals surface area contributed by atoms with Crippen LogP contribution in [0.2, 0.25) is 0 Å². The van der Waals surface area contributed by atoms with Crippen molar-refractivity contribution in [2.45, 2.75) is 13.5 Å². The summed E-state index contributed by atoms with van der Waals surface area (Å²) in [5.74, 6) is -0.362. The van der Waals surface area contributed by atoms with Crippen LogP contribution in [-0.2, 0) is 17.0 Å². The molecule has 0 spiro atoms. The number of halogens is 2. The van der Waals surface area contributed by atoms with Gasteiger partial charge >= 0.3 is 10.4 Å². The van der Waals surface area contributed by atoms with E-state index in [1.54, 1.807) is 10.9 Å². The first-order valence-corrected chi connectivity index (χ1v) is 8.15. The van der Waals surface area contributed by atoms with E-state index in [1.165, 1.54) is 0 Å². The molecule has 2 rings (SSSR count). The van der Waals surface area contributed by atoms with E-state index >= 15 is 0 Å². The lowest BCUT2D eigenvalue weighted by Crippen LogP contribution is -2.52. The topological polar surface area (TPSA) is 84.3 Å². The Labute approximate surface area is 124 Å². The lowest BCUT2D eigenvalue weighted by molar-refractivity contribution is 0.0917.